The number of hydrogen-bond donors (Lipinski definition) is 1. The predicted molar refractivity (Wildman–Crippen MR) is 53.9 cm³/mol. The van der Waals surface area contributed by atoms with Gasteiger partial charge in [-0.2, -0.15) is 0 Å². The Balaban J connectivity index is 0.00000169. The molecule has 0 amide bonds. The van der Waals surface area contributed by atoms with E-state index in [1.165, 1.54) is 19.1 Å². The summed E-state index contributed by atoms with van der Waals surface area (Å²) in [6, 6.07) is 4.57. The molecular formula is C8H9Cl2NO3. The SMILES string of the molecule is CC(=O)OOc1ccc(Cl)cc1Cl.N. The van der Waals surface area contributed by atoms with E-state index in [2.05, 4.69) is 9.78 Å². The highest BCUT2D eigenvalue weighted by Gasteiger charge is 2.04. The van der Waals surface area contributed by atoms with Crippen LogP contribution in [0.2, 0.25) is 10.0 Å². The standard InChI is InChI=1S/C8H6Cl2O3.H3N/c1-5(11)12-13-8-3-2-6(9)4-7(8)10;/h2-4H,1H3;1H3. The molecular weight excluding hydrogens is 229 g/mol. The smallest absolute Gasteiger partial charge is 0.344 e. The topological polar surface area (TPSA) is 70.5 Å². The van der Waals surface area contributed by atoms with Gasteiger partial charge in [0.15, 0.2) is 5.75 Å². The lowest BCUT2D eigenvalue weighted by Crippen LogP contribution is -2.02. The Morgan fingerprint density at radius 1 is 1.36 bits per heavy atom. The summed E-state index contributed by atoms with van der Waals surface area (Å²) in [7, 11) is 0. The zero-order valence-electron chi connectivity index (χ0n) is 7.42. The van der Waals surface area contributed by atoms with Gasteiger partial charge in [-0.3, -0.25) is 9.78 Å². The molecule has 0 aromatic heterocycles. The van der Waals surface area contributed by atoms with E-state index in [4.69, 9.17) is 23.2 Å². The van der Waals surface area contributed by atoms with Crippen LogP contribution in [-0.2, 0) is 9.68 Å². The van der Waals surface area contributed by atoms with Crippen molar-refractivity contribution in [2.24, 2.45) is 0 Å². The summed E-state index contributed by atoms with van der Waals surface area (Å²) >= 11 is 11.3. The fourth-order valence-electron chi connectivity index (χ4n) is 0.646. The van der Waals surface area contributed by atoms with Crippen LogP contribution in [0, 0.1) is 0 Å². The van der Waals surface area contributed by atoms with Crippen molar-refractivity contribution in [1.29, 1.82) is 0 Å². The van der Waals surface area contributed by atoms with Gasteiger partial charge in [-0.1, -0.05) is 23.2 Å². The largest absolute Gasteiger partial charge is 0.352 e. The number of halogens is 2. The first-order chi connectivity index (χ1) is 6.09. The van der Waals surface area contributed by atoms with Gasteiger partial charge in [0, 0.05) is 11.9 Å². The van der Waals surface area contributed by atoms with Gasteiger partial charge in [0.2, 0.25) is 0 Å². The lowest BCUT2D eigenvalue weighted by atomic mass is 10.3. The minimum Gasteiger partial charge on any atom is -0.344 e. The molecule has 0 atom stereocenters. The normalized spacial score (nSPS) is 8.79. The van der Waals surface area contributed by atoms with Gasteiger partial charge in [0.05, 0.1) is 5.02 Å². The highest BCUT2D eigenvalue weighted by Crippen LogP contribution is 2.27. The molecule has 0 aliphatic carbocycles. The van der Waals surface area contributed by atoms with Gasteiger partial charge in [-0.05, 0) is 18.2 Å². The molecule has 6 heteroatoms. The van der Waals surface area contributed by atoms with Gasteiger partial charge in [0.25, 0.3) is 0 Å². The zero-order valence-corrected chi connectivity index (χ0v) is 8.93. The molecule has 0 aliphatic rings. The van der Waals surface area contributed by atoms with E-state index in [-0.39, 0.29) is 16.9 Å². The number of carbonyl (C=O) groups excluding carboxylic acids is 1. The first kappa shape index (κ1) is 13.0. The Labute approximate surface area is 91.2 Å². The number of hydrogen-bond acceptors (Lipinski definition) is 4. The third-order valence-electron chi connectivity index (χ3n) is 1.14. The first-order valence-corrected chi connectivity index (χ1v) is 4.15. The van der Waals surface area contributed by atoms with E-state index in [0.717, 1.165) is 0 Å². The fraction of sp³-hybridized carbons (Fsp3) is 0.125. The molecule has 0 aliphatic heterocycles. The van der Waals surface area contributed by atoms with Crippen LogP contribution >= 0.6 is 23.2 Å². The van der Waals surface area contributed by atoms with Gasteiger partial charge < -0.3 is 6.15 Å². The number of rotatable bonds is 2. The van der Waals surface area contributed by atoms with Gasteiger partial charge in [0.1, 0.15) is 0 Å². The molecule has 0 fully saturated rings. The van der Waals surface area contributed by atoms with Gasteiger partial charge in [-0.15, -0.1) is 0 Å². The molecule has 4 nitrogen and oxygen atoms in total. The summed E-state index contributed by atoms with van der Waals surface area (Å²) in [4.78, 5) is 19.3. The van der Waals surface area contributed by atoms with Crippen LogP contribution in [0.25, 0.3) is 0 Å². The van der Waals surface area contributed by atoms with Crippen LogP contribution in [0.4, 0.5) is 0 Å². The molecule has 0 radical (unpaired) electrons. The summed E-state index contributed by atoms with van der Waals surface area (Å²) in [6.07, 6.45) is 0. The maximum Gasteiger partial charge on any atom is 0.352 e. The van der Waals surface area contributed by atoms with Crippen LogP contribution in [0.5, 0.6) is 5.75 Å². The van der Waals surface area contributed by atoms with Crippen LogP contribution in [-0.4, -0.2) is 5.97 Å². The Hall–Kier alpha value is -0.970. The van der Waals surface area contributed by atoms with Crippen molar-refractivity contribution in [3.63, 3.8) is 0 Å². The van der Waals surface area contributed by atoms with Crippen molar-refractivity contribution in [2.75, 3.05) is 0 Å². The molecule has 14 heavy (non-hydrogen) atoms. The average Bonchev–Trinajstić information content (AvgIpc) is 2.02. The number of benzene rings is 1. The molecule has 1 aromatic carbocycles. The van der Waals surface area contributed by atoms with Crippen molar-refractivity contribution in [3.8, 4) is 5.75 Å². The quantitative estimate of drug-likeness (QED) is 0.634. The van der Waals surface area contributed by atoms with Crippen LogP contribution < -0.4 is 11.0 Å². The third-order valence-corrected chi connectivity index (χ3v) is 1.67. The summed E-state index contributed by atoms with van der Waals surface area (Å²) in [6.45, 7) is 1.23. The summed E-state index contributed by atoms with van der Waals surface area (Å²) in [5.41, 5.74) is 0. The highest BCUT2D eigenvalue weighted by molar-refractivity contribution is 6.35. The Morgan fingerprint density at radius 3 is 2.50 bits per heavy atom. The second-order valence-electron chi connectivity index (χ2n) is 2.23. The van der Waals surface area contributed by atoms with E-state index in [0.29, 0.717) is 5.02 Å². The molecule has 0 saturated heterocycles. The summed E-state index contributed by atoms with van der Waals surface area (Å²) in [5.74, 6) is -0.299. The van der Waals surface area contributed by atoms with Gasteiger partial charge >= 0.3 is 5.97 Å². The highest BCUT2D eigenvalue weighted by atomic mass is 35.5. The average molecular weight is 238 g/mol. The third kappa shape index (κ3) is 3.83. The molecule has 1 rings (SSSR count). The molecule has 78 valence electrons. The second kappa shape index (κ2) is 5.70. The Kier molecular flexibility index (Phi) is 5.30. The Morgan fingerprint density at radius 2 is 2.00 bits per heavy atom. The molecule has 0 unspecified atom stereocenters. The zero-order chi connectivity index (χ0) is 9.84. The minimum absolute atomic E-state index is 0. The van der Waals surface area contributed by atoms with Crippen LogP contribution in [0.1, 0.15) is 6.92 Å². The molecule has 0 bridgehead atoms. The lowest BCUT2D eigenvalue weighted by molar-refractivity contribution is -0.210. The van der Waals surface area contributed by atoms with Crippen molar-refractivity contribution in [2.45, 2.75) is 6.92 Å². The molecule has 0 heterocycles. The van der Waals surface area contributed by atoms with Crippen LogP contribution in [0.15, 0.2) is 18.2 Å². The molecule has 1 aromatic rings. The van der Waals surface area contributed by atoms with E-state index >= 15 is 0 Å². The van der Waals surface area contributed by atoms with Crippen molar-refractivity contribution < 1.29 is 14.6 Å². The second-order valence-corrected chi connectivity index (χ2v) is 3.08. The van der Waals surface area contributed by atoms with E-state index < -0.39 is 5.97 Å². The van der Waals surface area contributed by atoms with Crippen LogP contribution in [0.3, 0.4) is 0 Å². The first-order valence-electron chi connectivity index (χ1n) is 3.40. The molecule has 3 N–H and O–H groups in total. The van der Waals surface area contributed by atoms with E-state index in [9.17, 15) is 4.79 Å². The maximum absolute atomic E-state index is 10.4. The Bertz CT molecular complexity index is 330. The van der Waals surface area contributed by atoms with Crippen molar-refractivity contribution in [3.05, 3.63) is 28.2 Å². The molecule has 0 saturated carbocycles. The fourth-order valence-corrected chi connectivity index (χ4v) is 1.09. The number of carbonyl (C=O) groups is 1. The van der Waals surface area contributed by atoms with E-state index in [1.807, 2.05) is 0 Å². The van der Waals surface area contributed by atoms with E-state index in [1.54, 1.807) is 6.07 Å². The maximum atomic E-state index is 10.4. The monoisotopic (exact) mass is 237 g/mol. The van der Waals surface area contributed by atoms with Crippen molar-refractivity contribution in [1.82, 2.24) is 6.15 Å². The summed E-state index contributed by atoms with van der Waals surface area (Å²) < 4.78 is 0. The molecule has 0 spiro atoms. The lowest BCUT2D eigenvalue weighted by Gasteiger charge is -2.03. The summed E-state index contributed by atoms with van der Waals surface area (Å²) in [5, 5.41) is 0.772. The predicted octanol–water partition coefficient (Wildman–Crippen LogP) is 3.01. The van der Waals surface area contributed by atoms with Gasteiger partial charge in [-0.25, -0.2) is 4.79 Å². The van der Waals surface area contributed by atoms with Crippen molar-refractivity contribution >= 4 is 29.2 Å². The minimum atomic E-state index is -0.550.